The maximum Gasteiger partial charge on any atom is 0.225 e. The molecule has 1 aromatic heterocycles. The molecule has 0 saturated heterocycles. The van der Waals surface area contributed by atoms with Gasteiger partial charge in [-0.2, -0.15) is 0 Å². The first-order valence-corrected chi connectivity index (χ1v) is 8.58. The number of aromatic nitrogens is 1. The van der Waals surface area contributed by atoms with Gasteiger partial charge in [0.2, 0.25) is 11.8 Å². The van der Waals surface area contributed by atoms with Crippen LogP contribution >= 0.6 is 0 Å². The van der Waals surface area contributed by atoms with Crippen LogP contribution < -0.4 is 5.32 Å². The monoisotopic (exact) mass is 349 g/mol. The maximum atomic E-state index is 11.9. The van der Waals surface area contributed by atoms with E-state index in [9.17, 15) is 4.79 Å². The Balaban J connectivity index is 1.76. The van der Waals surface area contributed by atoms with Crippen LogP contribution in [0.3, 0.4) is 0 Å². The van der Waals surface area contributed by atoms with Crippen LogP contribution in [0.15, 0.2) is 59.3 Å². The molecule has 0 bridgehead atoms. The molecule has 1 amide bonds. The fourth-order valence-corrected chi connectivity index (χ4v) is 2.71. The third kappa shape index (κ3) is 4.37. The van der Waals surface area contributed by atoms with Gasteiger partial charge in [0, 0.05) is 24.2 Å². The van der Waals surface area contributed by atoms with Gasteiger partial charge in [-0.1, -0.05) is 18.2 Å². The number of hydrogen-bond donors (Lipinski definition) is 1. The first-order chi connectivity index (χ1) is 12.5. The lowest BCUT2D eigenvalue weighted by Crippen LogP contribution is -2.20. The molecule has 0 aliphatic rings. The van der Waals surface area contributed by atoms with Gasteiger partial charge in [-0.3, -0.25) is 4.79 Å². The zero-order valence-corrected chi connectivity index (χ0v) is 15.3. The normalized spacial score (nSPS) is 10.9. The maximum absolute atomic E-state index is 11.9. The molecule has 1 N–H and O–H groups in total. The summed E-state index contributed by atoms with van der Waals surface area (Å²) < 4.78 is 5.39. The van der Waals surface area contributed by atoms with Crippen molar-refractivity contribution in [3.63, 3.8) is 0 Å². The lowest BCUT2D eigenvalue weighted by Gasteiger charge is -2.11. The van der Waals surface area contributed by atoms with Crippen molar-refractivity contribution in [1.82, 2.24) is 9.88 Å². The van der Waals surface area contributed by atoms with Crippen LogP contribution in [-0.4, -0.2) is 36.4 Å². The minimum Gasteiger partial charge on any atom is -0.445 e. The van der Waals surface area contributed by atoms with E-state index in [0.717, 1.165) is 28.9 Å². The summed E-state index contributed by atoms with van der Waals surface area (Å²) in [6.07, 6.45) is 3.69. The summed E-state index contributed by atoms with van der Waals surface area (Å²) in [6, 6.07) is 14.0. The molecule has 0 unspecified atom stereocenters. The second kappa shape index (κ2) is 7.97. The molecule has 0 spiro atoms. The summed E-state index contributed by atoms with van der Waals surface area (Å²) in [5.74, 6) is 0.629. The highest BCUT2D eigenvalue weighted by Gasteiger charge is 2.09. The summed E-state index contributed by atoms with van der Waals surface area (Å²) in [6.45, 7) is 2.81. The van der Waals surface area contributed by atoms with Crippen molar-refractivity contribution in [2.24, 2.45) is 0 Å². The lowest BCUT2D eigenvalue weighted by molar-refractivity contribution is -0.116. The zero-order chi connectivity index (χ0) is 18.5. The molecular weight excluding hydrogens is 326 g/mol. The summed E-state index contributed by atoms with van der Waals surface area (Å²) in [4.78, 5) is 18.1. The number of nitrogens with zero attached hydrogens (tertiary/aromatic N) is 2. The van der Waals surface area contributed by atoms with E-state index < -0.39 is 0 Å². The SMILES string of the molecule is Cc1ccc(-c2ncco2)cc1-c1ccc(NC(=O)CCN(C)C)cc1. The number of amides is 1. The van der Waals surface area contributed by atoms with Crippen molar-refractivity contribution < 1.29 is 9.21 Å². The predicted octanol–water partition coefficient (Wildman–Crippen LogP) is 4.21. The number of aryl methyl sites for hydroxylation is 1. The average Bonchev–Trinajstić information content (AvgIpc) is 3.16. The molecular formula is C21H23N3O2. The average molecular weight is 349 g/mol. The largest absolute Gasteiger partial charge is 0.445 e. The third-order valence-corrected chi connectivity index (χ3v) is 4.18. The van der Waals surface area contributed by atoms with Crippen LogP contribution in [0.2, 0.25) is 0 Å². The number of anilines is 1. The van der Waals surface area contributed by atoms with E-state index in [4.69, 9.17) is 4.42 Å². The summed E-state index contributed by atoms with van der Waals surface area (Å²) >= 11 is 0. The molecule has 0 fully saturated rings. The number of carbonyl (C=O) groups excluding carboxylic acids is 1. The van der Waals surface area contributed by atoms with Gasteiger partial charge in [0.1, 0.15) is 6.26 Å². The van der Waals surface area contributed by atoms with E-state index in [2.05, 4.69) is 29.4 Å². The fourth-order valence-electron chi connectivity index (χ4n) is 2.71. The van der Waals surface area contributed by atoms with Crippen LogP contribution in [0.1, 0.15) is 12.0 Å². The number of rotatable bonds is 6. The minimum atomic E-state index is 0.0218. The molecule has 3 rings (SSSR count). The summed E-state index contributed by atoms with van der Waals surface area (Å²) in [7, 11) is 3.91. The molecule has 0 atom stereocenters. The van der Waals surface area contributed by atoms with Crippen molar-refractivity contribution >= 4 is 11.6 Å². The van der Waals surface area contributed by atoms with Gasteiger partial charge in [-0.25, -0.2) is 4.98 Å². The number of carbonyl (C=O) groups is 1. The summed E-state index contributed by atoms with van der Waals surface area (Å²) in [5.41, 5.74) is 5.12. The van der Waals surface area contributed by atoms with E-state index in [1.807, 2.05) is 49.3 Å². The molecule has 3 aromatic rings. The number of hydrogen-bond acceptors (Lipinski definition) is 4. The molecule has 26 heavy (non-hydrogen) atoms. The van der Waals surface area contributed by atoms with Crippen LogP contribution in [0.25, 0.3) is 22.6 Å². The number of benzene rings is 2. The molecule has 0 radical (unpaired) electrons. The molecule has 5 heteroatoms. The van der Waals surface area contributed by atoms with E-state index in [1.165, 1.54) is 5.56 Å². The Kier molecular flexibility index (Phi) is 5.49. The molecule has 0 saturated carbocycles. The van der Waals surface area contributed by atoms with E-state index in [1.54, 1.807) is 12.5 Å². The van der Waals surface area contributed by atoms with Gasteiger partial charge >= 0.3 is 0 Å². The Hall–Kier alpha value is -2.92. The second-order valence-corrected chi connectivity index (χ2v) is 6.55. The van der Waals surface area contributed by atoms with Gasteiger partial charge in [0.25, 0.3) is 0 Å². The zero-order valence-electron chi connectivity index (χ0n) is 15.3. The Morgan fingerprint density at radius 2 is 1.85 bits per heavy atom. The molecule has 0 aliphatic heterocycles. The molecule has 2 aromatic carbocycles. The van der Waals surface area contributed by atoms with Crippen molar-refractivity contribution in [2.45, 2.75) is 13.3 Å². The Morgan fingerprint density at radius 3 is 2.50 bits per heavy atom. The van der Waals surface area contributed by atoms with Crippen molar-refractivity contribution in [2.75, 3.05) is 26.0 Å². The van der Waals surface area contributed by atoms with Gasteiger partial charge < -0.3 is 14.6 Å². The molecule has 5 nitrogen and oxygen atoms in total. The Morgan fingerprint density at radius 1 is 1.12 bits per heavy atom. The highest BCUT2D eigenvalue weighted by molar-refractivity contribution is 5.91. The lowest BCUT2D eigenvalue weighted by atomic mass is 9.98. The van der Waals surface area contributed by atoms with Gasteiger partial charge in [-0.15, -0.1) is 0 Å². The number of nitrogens with one attached hydrogen (secondary N) is 1. The third-order valence-electron chi connectivity index (χ3n) is 4.18. The molecule has 0 aliphatic carbocycles. The van der Waals surface area contributed by atoms with Gasteiger partial charge in [0.15, 0.2) is 0 Å². The minimum absolute atomic E-state index is 0.0218. The smallest absolute Gasteiger partial charge is 0.225 e. The summed E-state index contributed by atoms with van der Waals surface area (Å²) in [5, 5.41) is 2.93. The Bertz CT molecular complexity index is 869. The van der Waals surface area contributed by atoms with Crippen molar-refractivity contribution in [3.8, 4) is 22.6 Å². The predicted molar refractivity (Wildman–Crippen MR) is 104 cm³/mol. The Labute approximate surface area is 153 Å². The van der Waals surface area contributed by atoms with E-state index in [-0.39, 0.29) is 5.91 Å². The van der Waals surface area contributed by atoms with Crippen LogP contribution in [-0.2, 0) is 4.79 Å². The quantitative estimate of drug-likeness (QED) is 0.724. The van der Waals surface area contributed by atoms with Crippen molar-refractivity contribution in [1.29, 1.82) is 0 Å². The van der Waals surface area contributed by atoms with Crippen LogP contribution in [0.5, 0.6) is 0 Å². The van der Waals surface area contributed by atoms with Crippen LogP contribution in [0, 0.1) is 6.92 Å². The van der Waals surface area contributed by atoms with Crippen LogP contribution in [0.4, 0.5) is 5.69 Å². The standard InChI is InChI=1S/C21H23N3O2/c1-15-4-5-17(21-22-11-13-26-21)14-19(15)16-6-8-18(9-7-16)23-20(25)10-12-24(2)3/h4-9,11,13-14H,10,12H2,1-3H3,(H,23,25). The molecule has 134 valence electrons. The molecule has 1 heterocycles. The first kappa shape index (κ1) is 17.9. The van der Waals surface area contributed by atoms with E-state index in [0.29, 0.717) is 12.3 Å². The van der Waals surface area contributed by atoms with Gasteiger partial charge in [-0.05, 0) is 62.0 Å². The van der Waals surface area contributed by atoms with E-state index >= 15 is 0 Å². The van der Waals surface area contributed by atoms with Crippen molar-refractivity contribution in [3.05, 3.63) is 60.5 Å². The second-order valence-electron chi connectivity index (χ2n) is 6.55. The highest BCUT2D eigenvalue weighted by Crippen LogP contribution is 2.29. The number of oxazole rings is 1. The fraction of sp³-hybridized carbons (Fsp3) is 0.238. The topological polar surface area (TPSA) is 58.4 Å². The highest BCUT2D eigenvalue weighted by atomic mass is 16.3. The first-order valence-electron chi connectivity index (χ1n) is 8.58. The van der Waals surface area contributed by atoms with Gasteiger partial charge in [0.05, 0.1) is 6.20 Å².